The summed E-state index contributed by atoms with van der Waals surface area (Å²) in [4.78, 5) is 15.1. The Kier molecular flexibility index (Phi) is 7.42. The average molecular weight is 716 g/mol. The van der Waals surface area contributed by atoms with Crippen molar-refractivity contribution in [3.63, 3.8) is 0 Å². The number of benzene rings is 7. The molecule has 4 heterocycles. The maximum atomic E-state index is 5.08. The van der Waals surface area contributed by atoms with Crippen LogP contribution in [-0.2, 0) is 0 Å². The quantitative estimate of drug-likeness (QED) is 0.172. The molecule has 5 heteroatoms. The number of rotatable bonds is 6. The topological polar surface area (TPSA) is 48.0 Å². The molecule has 0 aliphatic carbocycles. The van der Waals surface area contributed by atoms with Gasteiger partial charge in [0.2, 0.25) is 0 Å². The molecule has 0 spiro atoms. The molecule has 0 N–H and O–H groups in total. The summed E-state index contributed by atoms with van der Waals surface area (Å²) < 4.78 is 4.81. The lowest BCUT2D eigenvalue weighted by atomic mass is 9.99. The van der Waals surface area contributed by atoms with E-state index in [-0.39, 0.29) is 0 Å². The highest BCUT2D eigenvalue weighted by atomic mass is 15.0. The normalized spacial score (nSPS) is 11.6. The van der Waals surface area contributed by atoms with Crippen LogP contribution in [0.4, 0.5) is 0 Å². The van der Waals surface area contributed by atoms with E-state index < -0.39 is 0 Å². The lowest BCUT2D eigenvalue weighted by molar-refractivity contribution is 1.07. The molecule has 56 heavy (non-hydrogen) atoms. The van der Waals surface area contributed by atoms with E-state index in [0.29, 0.717) is 17.5 Å². The minimum Gasteiger partial charge on any atom is -0.314 e. The second kappa shape index (κ2) is 13.0. The fourth-order valence-electron chi connectivity index (χ4n) is 8.21. The molecule has 262 valence electrons. The first-order valence-corrected chi connectivity index (χ1v) is 18.9. The van der Waals surface area contributed by atoms with Gasteiger partial charge in [-0.3, -0.25) is 0 Å². The number of hydrogen-bond acceptors (Lipinski definition) is 3. The van der Waals surface area contributed by atoms with Crippen molar-refractivity contribution in [2.75, 3.05) is 0 Å². The third kappa shape index (κ3) is 5.21. The van der Waals surface area contributed by atoms with Crippen molar-refractivity contribution in [3.8, 4) is 62.1 Å². The van der Waals surface area contributed by atoms with Gasteiger partial charge in [0.05, 0.1) is 22.1 Å². The van der Waals surface area contributed by atoms with E-state index in [4.69, 9.17) is 15.0 Å². The molecular formula is C51H33N5. The maximum absolute atomic E-state index is 5.08. The molecule has 0 bridgehead atoms. The first kappa shape index (κ1) is 31.9. The fraction of sp³-hybridized carbons (Fsp3) is 0. The van der Waals surface area contributed by atoms with Gasteiger partial charge < -0.3 is 8.97 Å². The summed E-state index contributed by atoms with van der Waals surface area (Å²) in [6.07, 6.45) is 2.25. The Morgan fingerprint density at radius 2 is 0.875 bits per heavy atom. The molecule has 0 saturated carbocycles. The van der Waals surface area contributed by atoms with Gasteiger partial charge in [0.25, 0.3) is 0 Å². The highest BCUT2D eigenvalue weighted by Crippen LogP contribution is 2.44. The van der Waals surface area contributed by atoms with Gasteiger partial charge in [-0.1, -0.05) is 164 Å². The van der Waals surface area contributed by atoms with Crippen molar-refractivity contribution in [1.82, 2.24) is 23.9 Å². The number of aromatic nitrogens is 5. The molecular weight excluding hydrogens is 683 g/mol. The minimum absolute atomic E-state index is 0.623. The van der Waals surface area contributed by atoms with E-state index >= 15 is 0 Å². The van der Waals surface area contributed by atoms with E-state index in [1.165, 1.54) is 43.9 Å². The van der Waals surface area contributed by atoms with Crippen LogP contribution in [0.15, 0.2) is 200 Å². The SMILES string of the molecule is c1ccc(-c2ccc3c(-c4ccccc4)c4c5c(ccn4c3c2)c2ccccc2n5-c2cccc(-c3nc(-c4ccccc4)nc(-c4ccccc4)n3)c2)cc1. The predicted octanol–water partition coefficient (Wildman–Crippen LogP) is 12.7. The van der Waals surface area contributed by atoms with Crippen molar-refractivity contribution < 1.29 is 0 Å². The van der Waals surface area contributed by atoms with E-state index in [2.05, 4.69) is 149 Å². The van der Waals surface area contributed by atoms with Gasteiger partial charge >= 0.3 is 0 Å². The molecule has 0 saturated heterocycles. The third-order valence-corrected chi connectivity index (χ3v) is 10.8. The van der Waals surface area contributed by atoms with Crippen LogP contribution in [0.3, 0.4) is 0 Å². The second-order valence-electron chi connectivity index (χ2n) is 14.1. The lowest BCUT2D eigenvalue weighted by Gasteiger charge is -2.13. The van der Waals surface area contributed by atoms with Crippen LogP contribution >= 0.6 is 0 Å². The molecule has 0 unspecified atom stereocenters. The maximum Gasteiger partial charge on any atom is 0.164 e. The van der Waals surface area contributed by atoms with Gasteiger partial charge in [0.1, 0.15) is 0 Å². The zero-order valence-electron chi connectivity index (χ0n) is 30.3. The van der Waals surface area contributed by atoms with E-state index in [0.717, 1.165) is 38.9 Å². The van der Waals surface area contributed by atoms with Gasteiger partial charge in [-0.05, 0) is 47.0 Å². The van der Waals surface area contributed by atoms with Gasteiger partial charge in [0, 0.05) is 50.3 Å². The fourth-order valence-corrected chi connectivity index (χ4v) is 8.21. The van der Waals surface area contributed by atoms with E-state index in [9.17, 15) is 0 Å². The predicted molar refractivity (Wildman–Crippen MR) is 230 cm³/mol. The van der Waals surface area contributed by atoms with Crippen LogP contribution < -0.4 is 0 Å². The summed E-state index contributed by atoms with van der Waals surface area (Å²) in [5, 5.41) is 3.60. The van der Waals surface area contributed by atoms with Crippen LogP contribution in [0.5, 0.6) is 0 Å². The van der Waals surface area contributed by atoms with Gasteiger partial charge in [-0.15, -0.1) is 0 Å². The molecule has 0 amide bonds. The van der Waals surface area contributed by atoms with Crippen LogP contribution in [0.1, 0.15) is 0 Å². The Labute approximate surface area is 323 Å². The summed E-state index contributed by atoms with van der Waals surface area (Å²) in [6, 6.07) is 68.1. The van der Waals surface area contributed by atoms with Crippen molar-refractivity contribution in [1.29, 1.82) is 0 Å². The Balaban J connectivity index is 1.20. The Bertz CT molecular complexity index is 3160. The summed E-state index contributed by atoms with van der Waals surface area (Å²) >= 11 is 0. The monoisotopic (exact) mass is 715 g/mol. The third-order valence-electron chi connectivity index (χ3n) is 10.8. The smallest absolute Gasteiger partial charge is 0.164 e. The zero-order chi connectivity index (χ0) is 37.0. The molecule has 11 rings (SSSR count). The van der Waals surface area contributed by atoms with Crippen LogP contribution in [-0.4, -0.2) is 23.9 Å². The highest BCUT2D eigenvalue weighted by Gasteiger charge is 2.23. The molecule has 11 aromatic rings. The van der Waals surface area contributed by atoms with Crippen LogP contribution in [0.2, 0.25) is 0 Å². The van der Waals surface area contributed by atoms with Crippen molar-refractivity contribution in [3.05, 3.63) is 200 Å². The van der Waals surface area contributed by atoms with Gasteiger partial charge in [0.15, 0.2) is 17.5 Å². The van der Waals surface area contributed by atoms with E-state index in [1.807, 2.05) is 60.7 Å². The second-order valence-corrected chi connectivity index (χ2v) is 14.1. The Hall–Kier alpha value is -7.63. The number of hydrogen-bond donors (Lipinski definition) is 0. The van der Waals surface area contributed by atoms with Gasteiger partial charge in [-0.2, -0.15) is 0 Å². The van der Waals surface area contributed by atoms with Crippen LogP contribution in [0, 0.1) is 0 Å². The summed E-state index contributed by atoms with van der Waals surface area (Å²) in [5.74, 6) is 1.90. The first-order chi connectivity index (χ1) is 27.8. The van der Waals surface area contributed by atoms with E-state index in [1.54, 1.807) is 0 Å². The first-order valence-electron chi connectivity index (χ1n) is 18.9. The zero-order valence-corrected chi connectivity index (χ0v) is 30.3. The molecule has 0 aliphatic heterocycles. The molecule has 0 radical (unpaired) electrons. The molecule has 0 fully saturated rings. The number of fused-ring (bicyclic) bond motifs is 7. The molecule has 0 aliphatic rings. The number of para-hydroxylation sites is 1. The van der Waals surface area contributed by atoms with Crippen molar-refractivity contribution >= 4 is 38.2 Å². The van der Waals surface area contributed by atoms with Crippen molar-refractivity contribution in [2.24, 2.45) is 0 Å². The molecule has 4 aromatic heterocycles. The lowest BCUT2D eigenvalue weighted by Crippen LogP contribution is -2.01. The molecule has 5 nitrogen and oxygen atoms in total. The molecule has 0 atom stereocenters. The summed E-state index contributed by atoms with van der Waals surface area (Å²) in [6.45, 7) is 0. The van der Waals surface area contributed by atoms with Crippen molar-refractivity contribution in [2.45, 2.75) is 0 Å². The minimum atomic E-state index is 0.623. The number of pyridine rings is 1. The van der Waals surface area contributed by atoms with Crippen LogP contribution in [0.25, 0.3) is 100 Å². The Morgan fingerprint density at radius 1 is 0.321 bits per heavy atom. The number of nitrogens with zero attached hydrogens (tertiary/aromatic N) is 5. The highest BCUT2D eigenvalue weighted by molar-refractivity contribution is 6.21. The summed E-state index contributed by atoms with van der Waals surface area (Å²) in [5.41, 5.74) is 13.2. The largest absolute Gasteiger partial charge is 0.314 e. The Morgan fingerprint density at radius 3 is 1.54 bits per heavy atom. The van der Waals surface area contributed by atoms with Gasteiger partial charge in [-0.25, -0.2) is 15.0 Å². The standard InChI is InChI=1S/C51H33N5/c1-5-16-34(17-6-1)38-28-29-43-45(33-38)55-31-30-42-41-26-13-14-27-44(41)56(47(42)48(55)46(43)35-18-7-2-8-19-35)40-25-15-24-39(32-40)51-53-49(36-20-9-3-10-21-36)52-50(54-51)37-22-11-4-12-23-37/h1-33H. The molecule has 7 aromatic carbocycles. The average Bonchev–Trinajstić information content (AvgIpc) is 3.80. The summed E-state index contributed by atoms with van der Waals surface area (Å²) in [7, 11) is 0.